The number of hydrogen-bond acceptors (Lipinski definition) is 4. The highest BCUT2D eigenvalue weighted by Gasteiger charge is 2.45. The SMILES string of the molecule is CN1CC(C(=O)NCc2ccc(F)cc2)OC2(CCN(C(=O)C3CC3)CC2)C1. The summed E-state index contributed by atoms with van der Waals surface area (Å²) in [4.78, 5) is 29.1. The maximum Gasteiger partial charge on any atom is 0.250 e. The molecule has 0 radical (unpaired) electrons. The van der Waals surface area contributed by atoms with E-state index in [1.54, 1.807) is 12.1 Å². The molecule has 0 bridgehead atoms. The van der Waals surface area contributed by atoms with Gasteiger partial charge in [0, 0.05) is 38.6 Å². The molecule has 2 heterocycles. The molecule has 2 aliphatic heterocycles. The number of morpholine rings is 1. The number of likely N-dealkylation sites (tertiary alicyclic amines) is 1. The van der Waals surface area contributed by atoms with Gasteiger partial charge in [-0.05, 0) is 50.4 Å². The van der Waals surface area contributed by atoms with Gasteiger partial charge in [-0.1, -0.05) is 12.1 Å². The van der Waals surface area contributed by atoms with Crippen molar-refractivity contribution in [2.45, 2.75) is 43.9 Å². The van der Waals surface area contributed by atoms with Crippen LogP contribution in [0.1, 0.15) is 31.2 Å². The molecule has 1 atom stereocenters. The molecule has 1 aliphatic carbocycles. The molecule has 1 unspecified atom stereocenters. The smallest absolute Gasteiger partial charge is 0.250 e. The average molecular weight is 389 g/mol. The average Bonchev–Trinajstić information content (AvgIpc) is 3.52. The maximum atomic E-state index is 13.0. The van der Waals surface area contributed by atoms with E-state index in [0.29, 0.717) is 26.2 Å². The van der Waals surface area contributed by atoms with Crippen LogP contribution >= 0.6 is 0 Å². The maximum absolute atomic E-state index is 13.0. The van der Waals surface area contributed by atoms with Crippen LogP contribution < -0.4 is 5.32 Å². The Morgan fingerprint density at radius 3 is 2.54 bits per heavy atom. The van der Waals surface area contributed by atoms with Crippen molar-refractivity contribution in [2.24, 2.45) is 5.92 Å². The Labute approximate surface area is 165 Å². The van der Waals surface area contributed by atoms with Crippen LogP contribution in [0.5, 0.6) is 0 Å². The first-order valence-corrected chi connectivity index (χ1v) is 10.1. The van der Waals surface area contributed by atoms with Crippen molar-refractivity contribution in [3.8, 4) is 0 Å². The van der Waals surface area contributed by atoms with Gasteiger partial charge in [-0.3, -0.25) is 9.59 Å². The minimum Gasteiger partial charge on any atom is -0.359 e. The van der Waals surface area contributed by atoms with Gasteiger partial charge in [-0.15, -0.1) is 0 Å². The van der Waals surface area contributed by atoms with Gasteiger partial charge in [0.1, 0.15) is 11.9 Å². The molecule has 7 heteroatoms. The summed E-state index contributed by atoms with van der Waals surface area (Å²) in [6.45, 7) is 3.07. The normalized spacial score (nSPS) is 24.9. The molecule has 1 spiro atoms. The molecule has 2 saturated heterocycles. The zero-order chi connectivity index (χ0) is 19.7. The Bertz CT molecular complexity index is 727. The topological polar surface area (TPSA) is 61.9 Å². The van der Waals surface area contributed by atoms with Crippen molar-refractivity contribution in [1.29, 1.82) is 0 Å². The number of hydrogen-bond donors (Lipinski definition) is 1. The molecule has 1 saturated carbocycles. The van der Waals surface area contributed by atoms with E-state index < -0.39 is 6.10 Å². The predicted octanol–water partition coefficient (Wildman–Crippen LogP) is 1.54. The minimum atomic E-state index is -0.537. The zero-order valence-electron chi connectivity index (χ0n) is 16.3. The number of halogens is 1. The Morgan fingerprint density at radius 2 is 1.89 bits per heavy atom. The monoisotopic (exact) mass is 389 g/mol. The van der Waals surface area contributed by atoms with Gasteiger partial charge in [0.05, 0.1) is 5.60 Å². The highest BCUT2D eigenvalue weighted by atomic mass is 19.1. The summed E-state index contributed by atoms with van der Waals surface area (Å²) in [6.07, 6.45) is 3.03. The largest absolute Gasteiger partial charge is 0.359 e. The van der Waals surface area contributed by atoms with Gasteiger partial charge in [0.2, 0.25) is 5.91 Å². The van der Waals surface area contributed by atoms with E-state index in [-0.39, 0.29) is 29.2 Å². The fraction of sp³-hybridized carbons (Fsp3) is 0.619. The lowest BCUT2D eigenvalue weighted by Gasteiger charge is -2.48. The van der Waals surface area contributed by atoms with Crippen molar-refractivity contribution in [3.63, 3.8) is 0 Å². The molecule has 0 aromatic heterocycles. The number of nitrogens with zero attached hydrogens (tertiary/aromatic N) is 2. The van der Waals surface area contributed by atoms with Gasteiger partial charge in [0.15, 0.2) is 0 Å². The van der Waals surface area contributed by atoms with Crippen molar-refractivity contribution in [2.75, 3.05) is 33.2 Å². The van der Waals surface area contributed by atoms with Crippen LogP contribution in [0.15, 0.2) is 24.3 Å². The first-order valence-electron chi connectivity index (χ1n) is 10.1. The van der Waals surface area contributed by atoms with Crippen molar-refractivity contribution in [3.05, 3.63) is 35.6 Å². The Morgan fingerprint density at radius 1 is 1.21 bits per heavy atom. The van der Waals surface area contributed by atoms with Gasteiger partial charge < -0.3 is 19.9 Å². The molecular formula is C21H28FN3O3. The minimum absolute atomic E-state index is 0.147. The summed E-state index contributed by atoms with van der Waals surface area (Å²) in [7, 11) is 2.01. The van der Waals surface area contributed by atoms with Crippen LogP contribution in [-0.4, -0.2) is 66.5 Å². The number of amides is 2. The quantitative estimate of drug-likeness (QED) is 0.849. The lowest BCUT2D eigenvalue weighted by atomic mass is 9.88. The third kappa shape index (κ3) is 4.36. The lowest BCUT2D eigenvalue weighted by Crippen LogP contribution is -2.61. The molecular weight excluding hydrogens is 361 g/mol. The van der Waals surface area contributed by atoms with Crippen LogP contribution in [0.4, 0.5) is 4.39 Å². The summed E-state index contributed by atoms with van der Waals surface area (Å²) >= 11 is 0. The fourth-order valence-electron chi connectivity index (χ4n) is 4.26. The molecule has 6 nitrogen and oxygen atoms in total. The molecule has 3 aliphatic rings. The second kappa shape index (κ2) is 7.79. The fourth-order valence-corrected chi connectivity index (χ4v) is 4.26. The number of carbonyl (C=O) groups excluding carboxylic acids is 2. The first kappa shape index (κ1) is 19.3. The summed E-state index contributed by atoms with van der Waals surface area (Å²) in [5, 5.41) is 2.90. The van der Waals surface area contributed by atoms with Crippen LogP contribution in [0, 0.1) is 11.7 Å². The second-order valence-corrected chi connectivity index (χ2v) is 8.43. The van der Waals surface area contributed by atoms with Crippen LogP contribution in [0.3, 0.4) is 0 Å². The van der Waals surface area contributed by atoms with Gasteiger partial charge in [-0.2, -0.15) is 0 Å². The predicted molar refractivity (Wildman–Crippen MR) is 102 cm³/mol. The van der Waals surface area contributed by atoms with Gasteiger partial charge in [0.25, 0.3) is 5.91 Å². The molecule has 152 valence electrons. The lowest BCUT2D eigenvalue weighted by molar-refractivity contribution is -0.183. The van der Waals surface area contributed by atoms with Crippen LogP contribution in [0.25, 0.3) is 0 Å². The second-order valence-electron chi connectivity index (χ2n) is 8.43. The molecule has 1 aromatic carbocycles. The number of carbonyl (C=O) groups is 2. The Kier molecular flexibility index (Phi) is 5.38. The number of likely N-dealkylation sites (N-methyl/N-ethyl adjacent to an activating group) is 1. The van der Waals surface area contributed by atoms with Gasteiger partial charge in [-0.25, -0.2) is 4.39 Å². The number of ether oxygens (including phenoxy) is 1. The summed E-state index contributed by atoms with van der Waals surface area (Å²) < 4.78 is 19.3. The zero-order valence-corrected chi connectivity index (χ0v) is 16.3. The van der Waals surface area contributed by atoms with Gasteiger partial charge >= 0.3 is 0 Å². The Balaban J connectivity index is 1.33. The van der Waals surface area contributed by atoms with Crippen molar-refractivity contribution >= 4 is 11.8 Å². The van der Waals surface area contributed by atoms with E-state index in [2.05, 4.69) is 10.2 Å². The van der Waals surface area contributed by atoms with E-state index >= 15 is 0 Å². The number of rotatable bonds is 4. The standard InChI is InChI=1S/C21H28FN3O3/c1-24-13-18(19(26)23-12-15-2-6-17(22)7-3-15)28-21(14-24)8-10-25(11-9-21)20(27)16-4-5-16/h2-3,6-7,16,18H,4-5,8-14H2,1H3,(H,23,26). The molecule has 4 rings (SSSR count). The highest BCUT2D eigenvalue weighted by molar-refractivity contribution is 5.81. The van der Waals surface area contributed by atoms with E-state index in [9.17, 15) is 14.0 Å². The molecule has 1 N–H and O–H groups in total. The van der Waals surface area contributed by atoms with Crippen LogP contribution in [-0.2, 0) is 20.9 Å². The number of nitrogens with one attached hydrogen (secondary N) is 1. The molecule has 2 amide bonds. The van der Waals surface area contributed by atoms with Crippen molar-refractivity contribution in [1.82, 2.24) is 15.1 Å². The summed E-state index contributed by atoms with van der Waals surface area (Å²) in [5.41, 5.74) is 0.478. The van der Waals surface area contributed by atoms with E-state index in [1.165, 1.54) is 12.1 Å². The number of benzene rings is 1. The summed E-state index contributed by atoms with van der Waals surface area (Å²) in [6, 6.07) is 6.10. The van der Waals surface area contributed by atoms with Crippen LogP contribution in [0.2, 0.25) is 0 Å². The first-order chi connectivity index (χ1) is 13.4. The van der Waals surface area contributed by atoms with E-state index in [1.807, 2.05) is 11.9 Å². The Hall–Kier alpha value is -1.99. The third-order valence-electron chi connectivity index (χ3n) is 6.01. The van der Waals surface area contributed by atoms with E-state index in [0.717, 1.165) is 37.8 Å². The third-order valence-corrected chi connectivity index (χ3v) is 6.01. The molecule has 3 fully saturated rings. The van der Waals surface area contributed by atoms with E-state index in [4.69, 9.17) is 4.74 Å². The molecule has 1 aromatic rings. The highest BCUT2D eigenvalue weighted by Crippen LogP contribution is 2.36. The number of piperidine rings is 1. The van der Waals surface area contributed by atoms with Crippen molar-refractivity contribution < 1.29 is 18.7 Å². The molecule has 28 heavy (non-hydrogen) atoms. The summed E-state index contributed by atoms with van der Waals surface area (Å²) in [5.74, 6) is 0.0918.